The monoisotopic (exact) mass is 136 g/mol. The van der Waals surface area contributed by atoms with Crippen molar-refractivity contribution in [1.82, 2.24) is 4.98 Å². The number of nitriles is 1. The number of aryl methyl sites for hydroxylation is 1. The lowest BCUT2D eigenvalue weighted by Crippen LogP contribution is -1.92. The summed E-state index contributed by atoms with van der Waals surface area (Å²) in [6.45, 7) is 1.87. The van der Waals surface area contributed by atoms with Crippen LogP contribution in [-0.2, 0) is 0 Å². The van der Waals surface area contributed by atoms with E-state index in [-0.39, 0.29) is 0 Å². The highest BCUT2D eigenvalue weighted by Gasteiger charge is 2.05. The molecule has 0 aliphatic heterocycles. The lowest BCUT2D eigenvalue weighted by atomic mass is 10.3. The third-order valence-electron chi connectivity index (χ3n) is 1.27. The maximum atomic E-state index is 8.95. The molecule has 0 amide bonds. The number of aromatic amines is 1. The Balaban J connectivity index is 2.87. The number of nitrogens with one attached hydrogen (secondary N) is 1. The molecular weight excluding hydrogens is 128 g/mol. The summed E-state index contributed by atoms with van der Waals surface area (Å²) in [5.74, 6) is 0. The first-order valence-corrected chi connectivity index (χ1v) is 2.97. The van der Waals surface area contributed by atoms with Gasteiger partial charge in [0.2, 0.25) is 0 Å². The smallest absolute Gasteiger partial charge is 0.180 e. The summed E-state index contributed by atoms with van der Waals surface area (Å²) in [7, 11) is 0. The minimum atomic E-state index is -1.02. The second-order valence-corrected chi connectivity index (χ2v) is 2.13. The van der Waals surface area contributed by atoms with Crippen LogP contribution in [-0.4, -0.2) is 10.1 Å². The molecule has 1 atom stereocenters. The Morgan fingerprint density at radius 3 is 2.80 bits per heavy atom. The lowest BCUT2D eigenvalue weighted by molar-refractivity contribution is 0.231. The number of hydrogen-bond acceptors (Lipinski definition) is 2. The van der Waals surface area contributed by atoms with Crippen molar-refractivity contribution < 1.29 is 5.11 Å². The summed E-state index contributed by atoms with van der Waals surface area (Å²) in [6.07, 6.45) is -1.02. The SMILES string of the molecule is Cc1ccc(C(O)C#N)[nH]1. The van der Waals surface area contributed by atoms with Crippen LogP contribution in [0.15, 0.2) is 12.1 Å². The first kappa shape index (κ1) is 6.84. The van der Waals surface area contributed by atoms with E-state index >= 15 is 0 Å². The van der Waals surface area contributed by atoms with Gasteiger partial charge in [-0.2, -0.15) is 5.26 Å². The molecular formula is C7H8N2O. The van der Waals surface area contributed by atoms with Crippen LogP contribution >= 0.6 is 0 Å². The van der Waals surface area contributed by atoms with Gasteiger partial charge in [0, 0.05) is 5.69 Å². The van der Waals surface area contributed by atoms with E-state index in [1.165, 1.54) is 0 Å². The molecule has 0 aliphatic rings. The van der Waals surface area contributed by atoms with E-state index in [1.807, 2.05) is 13.0 Å². The van der Waals surface area contributed by atoms with Gasteiger partial charge in [-0.05, 0) is 19.1 Å². The van der Waals surface area contributed by atoms with E-state index in [0.29, 0.717) is 5.69 Å². The maximum absolute atomic E-state index is 8.95. The molecule has 0 radical (unpaired) electrons. The molecule has 1 aromatic rings. The topological polar surface area (TPSA) is 59.8 Å². The minimum Gasteiger partial charge on any atom is -0.373 e. The van der Waals surface area contributed by atoms with Gasteiger partial charge in [-0.3, -0.25) is 0 Å². The van der Waals surface area contributed by atoms with Crippen LogP contribution in [0.5, 0.6) is 0 Å². The van der Waals surface area contributed by atoms with Crippen LogP contribution in [0.2, 0.25) is 0 Å². The molecule has 2 N–H and O–H groups in total. The fraction of sp³-hybridized carbons (Fsp3) is 0.286. The van der Waals surface area contributed by atoms with Gasteiger partial charge in [-0.1, -0.05) is 0 Å². The third-order valence-corrected chi connectivity index (χ3v) is 1.27. The molecule has 0 spiro atoms. The molecule has 0 aliphatic carbocycles. The summed E-state index contributed by atoms with van der Waals surface area (Å²) in [5, 5.41) is 17.2. The zero-order valence-corrected chi connectivity index (χ0v) is 5.63. The molecule has 0 bridgehead atoms. The predicted octanol–water partition coefficient (Wildman–Crippen LogP) is 0.880. The van der Waals surface area contributed by atoms with Gasteiger partial charge in [-0.15, -0.1) is 0 Å². The zero-order valence-electron chi connectivity index (χ0n) is 5.63. The van der Waals surface area contributed by atoms with E-state index in [0.717, 1.165) is 5.69 Å². The number of aromatic nitrogens is 1. The molecule has 0 saturated carbocycles. The van der Waals surface area contributed by atoms with Crippen LogP contribution in [0.1, 0.15) is 17.5 Å². The van der Waals surface area contributed by atoms with Gasteiger partial charge >= 0.3 is 0 Å². The normalized spacial score (nSPS) is 12.5. The Hall–Kier alpha value is -1.27. The van der Waals surface area contributed by atoms with Crippen molar-refractivity contribution in [3.8, 4) is 6.07 Å². The Morgan fingerprint density at radius 2 is 2.40 bits per heavy atom. The van der Waals surface area contributed by atoms with E-state index in [9.17, 15) is 0 Å². The van der Waals surface area contributed by atoms with E-state index in [2.05, 4.69) is 4.98 Å². The quantitative estimate of drug-likeness (QED) is 0.563. The molecule has 1 rings (SSSR count). The van der Waals surface area contributed by atoms with Gasteiger partial charge < -0.3 is 10.1 Å². The number of rotatable bonds is 1. The molecule has 3 nitrogen and oxygen atoms in total. The minimum absolute atomic E-state index is 0.556. The van der Waals surface area contributed by atoms with Crippen molar-refractivity contribution in [3.05, 3.63) is 23.5 Å². The lowest BCUT2D eigenvalue weighted by Gasteiger charge is -1.94. The fourth-order valence-electron chi connectivity index (χ4n) is 0.755. The standard InChI is InChI=1S/C7H8N2O/c1-5-2-3-6(9-5)7(10)4-8/h2-3,7,9-10H,1H3. The van der Waals surface area contributed by atoms with Crippen molar-refractivity contribution >= 4 is 0 Å². The first-order valence-electron chi connectivity index (χ1n) is 2.97. The van der Waals surface area contributed by atoms with Crippen molar-refractivity contribution in [2.45, 2.75) is 13.0 Å². The highest BCUT2D eigenvalue weighted by Crippen LogP contribution is 2.09. The van der Waals surface area contributed by atoms with Gasteiger partial charge in [-0.25, -0.2) is 0 Å². The van der Waals surface area contributed by atoms with E-state index in [1.54, 1.807) is 12.1 Å². The molecule has 0 fully saturated rings. The van der Waals surface area contributed by atoms with Crippen molar-refractivity contribution in [1.29, 1.82) is 5.26 Å². The second-order valence-electron chi connectivity index (χ2n) is 2.13. The van der Waals surface area contributed by atoms with Gasteiger partial charge in [0.1, 0.15) is 6.07 Å². The van der Waals surface area contributed by atoms with Crippen molar-refractivity contribution in [3.63, 3.8) is 0 Å². The van der Waals surface area contributed by atoms with Crippen LogP contribution < -0.4 is 0 Å². The van der Waals surface area contributed by atoms with Gasteiger partial charge in [0.15, 0.2) is 6.10 Å². The molecule has 0 aromatic carbocycles. The summed E-state index contributed by atoms with van der Waals surface area (Å²) >= 11 is 0. The number of hydrogen-bond donors (Lipinski definition) is 2. The summed E-state index contributed by atoms with van der Waals surface area (Å²) in [5.41, 5.74) is 1.50. The van der Waals surface area contributed by atoms with E-state index in [4.69, 9.17) is 10.4 Å². The van der Waals surface area contributed by atoms with Gasteiger partial charge in [0.05, 0.1) is 5.69 Å². The average molecular weight is 136 g/mol. The molecule has 1 unspecified atom stereocenters. The average Bonchev–Trinajstić information content (AvgIpc) is 2.34. The van der Waals surface area contributed by atoms with Gasteiger partial charge in [0.25, 0.3) is 0 Å². The van der Waals surface area contributed by atoms with Crippen molar-refractivity contribution in [2.24, 2.45) is 0 Å². The fourth-order valence-corrected chi connectivity index (χ4v) is 0.755. The molecule has 1 heterocycles. The van der Waals surface area contributed by atoms with Crippen LogP contribution in [0.3, 0.4) is 0 Å². The molecule has 1 aromatic heterocycles. The van der Waals surface area contributed by atoms with Crippen LogP contribution in [0, 0.1) is 18.3 Å². The van der Waals surface area contributed by atoms with Crippen LogP contribution in [0.4, 0.5) is 0 Å². The Bertz CT molecular complexity index is 259. The highest BCUT2D eigenvalue weighted by molar-refractivity contribution is 5.17. The molecule has 3 heteroatoms. The number of aliphatic hydroxyl groups is 1. The Morgan fingerprint density at radius 1 is 1.70 bits per heavy atom. The largest absolute Gasteiger partial charge is 0.373 e. The predicted molar refractivity (Wildman–Crippen MR) is 36.1 cm³/mol. The van der Waals surface area contributed by atoms with E-state index < -0.39 is 6.10 Å². The molecule has 52 valence electrons. The number of nitrogens with zero attached hydrogens (tertiary/aromatic N) is 1. The maximum Gasteiger partial charge on any atom is 0.180 e. The van der Waals surface area contributed by atoms with Crippen molar-refractivity contribution in [2.75, 3.05) is 0 Å². The first-order chi connectivity index (χ1) is 4.74. The zero-order chi connectivity index (χ0) is 7.56. The number of H-pyrrole nitrogens is 1. The summed E-state index contributed by atoms with van der Waals surface area (Å²) in [4.78, 5) is 2.85. The molecule has 10 heavy (non-hydrogen) atoms. The summed E-state index contributed by atoms with van der Waals surface area (Å²) in [6, 6.07) is 5.23. The summed E-state index contributed by atoms with van der Waals surface area (Å²) < 4.78 is 0. The molecule has 0 saturated heterocycles. The number of aliphatic hydroxyl groups excluding tert-OH is 1. The highest BCUT2D eigenvalue weighted by atomic mass is 16.3. The van der Waals surface area contributed by atoms with Crippen LogP contribution in [0.25, 0.3) is 0 Å². The Kier molecular flexibility index (Phi) is 1.74. The third kappa shape index (κ3) is 1.17. The second kappa shape index (κ2) is 2.54. The Labute approximate surface area is 58.9 Å².